The number of likely N-dealkylation sites (tertiary alicyclic amines) is 1. The van der Waals surface area contributed by atoms with Crippen LogP contribution in [0.15, 0.2) is 48.5 Å². The molecule has 2 aromatic rings. The number of carbonyl (C=O) groups is 3. The molecule has 2 N–H and O–H groups in total. The van der Waals surface area contributed by atoms with Crippen LogP contribution >= 0.6 is 0 Å². The van der Waals surface area contributed by atoms with Gasteiger partial charge in [-0.3, -0.25) is 9.59 Å². The Balaban J connectivity index is 1.27. The summed E-state index contributed by atoms with van der Waals surface area (Å²) < 4.78 is 5.62. The first-order valence-corrected chi connectivity index (χ1v) is 12.4. The maximum atomic E-state index is 13.1. The van der Waals surface area contributed by atoms with Gasteiger partial charge in [-0.1, -0.05) is 55.5 Å². The van der Waals surface area contributed by atoms with Gasteiger partial charge in [0.05, 0.1) is 5.41 Å². The van der Waals surface area contributed by atoms with Crippen LogP contribution in [-0.2, 0) is 14.3 Å². The van der Waals surface area contributed by atoms with Crippen LogP contribution in [0, 0.1) is 11.3 Å². The minimum atomic E-state index is -0.782. The predicted octanol–water partition coefficient (Wildman–Crippen LogP) is 4.65. The van der Waals surface area contributed by atoms with Gasteiger partial charge in [-0.25, -0.2) is 4.79 Å². The second kappa shape index (κ2) is 10.5. The summed E-state index contributed by atoms with van der Waals surface area (Å²) in [5, 5.41) is 11.6. The molecule has 35 heavy (non-hydrogen) atoms. The number of hydrogen-bond donors (Lipinski definition) is 2. The molecule has 0 spiro atoms. The van der Waals surface area contributed by atoms with Crippen LogP contribution in [0.2, 0.25) is 0 Å². The number of carbonyl (C=O) groups excluding carboxylic acids is 2. The van der Waals surface area contributed by atoms with E-state index in [1.165, 1.54) is 11.1 Å². The quantitative estimate of drug-likeness (QED) is 0.518. The number of fused-ring (bicyclic) bond motifs is 3. The lowest BCUT2D eigenvalue weighted by molar-refractivity contribution is -0.148. The first-order valence-electron chi connectivity index (χ1n) is 12.4. The van der Waals surface area contributed by atoms with Crippen molar-refractivity contribution in [3.8, 4) is 11.1 Å². The summed E-state index contributed by atoms with van der Waals surface area (Å²) in [6, 6.07) is 16.4. The van der Waals surface area contributed by atoms with Crippen molar-refractivity contribution in [3.05, 3.63) is 59.7 Å². The topological polar surface area (TPSA) is 95.9 Å². The number of ether oxygens (including phenoxy) is 1. The van der Waals surface area contributed by atoms with Gasteiger partial charge in [0, 0.05) is 32.0 Å². The zero-order valence-electron chi connectivity index (χ0n) is 20.5. The van der Waals surface area contributed by atoms with Gasteiger partial charge in [0.2, 0.25) is 5.91 Å². The summed E-state index contributed by atoms with van der Waals surface area (Å²) >= 11 is 0. The Morgan fingerprint density at radius 1 is 1.06 bits per heavy atom. The van der Waals surface area contributed by atoms with Crippen molar-refractivity contribution in [1.29, 1.82) is 0 Å². The van der Waals surface area contributed by atoms with Crippen molar-refractivity contribution in [2.45, 2.75) is 45.4 Å². The molecule has 1 heterocycles. The SMILES string of the molecule is CCC(C)(CNC(=O)OCC1c2ccccc2-c2ccccc21)C(=O)N1CC(CCCC(=O)O)C1. The Hall–Kier alpha value is -3.35. The van der Waals surface area contributed by atoms with Crippen molar-refractivity contribution >= 4 is 18.0 Å². The predicted molar refractivity (Wildman–Crippen MR) is 133 cm³/mol. The van der Waals surface area contributed by atoms with Crippen LogP contribution in [0.1, 0.15) is 56.6 Å². The number of nitrogens with one attached hydrogen (secondary N) is 1. The highest BCUT2D eigenvalue weighted by molar-refractivity contribution is 5.84. The van der Waals surface area contributed by atoms with E-state index >= 15 is 0 Å². The number of amides is 2. The second-order valence-corrected chi connectivity index (χ2v) is 9.96. The van der Waals surface area contributed by atoms with Gasteiger partial charge in [0.1, 0.15) is 6.61 Å². The minimum absolute atomic E-state index is 0.00788. The largest absolute Gasteiger partial charge is 0.481 e. The van der Waals surface area contributed by atoms with Gasteiger partial charge in [-0.15, -0.1) is 0 Å². The van der Waals surface area contributed by atoms with Gasteiger partial charge >= 0.3 is 12.1 Å². The van der Waals surface area contributed by atoms with Crippen molar-refractivity contribution in [2.24, 2.45) is 11.3 Å². The summed E-state index contributed by atoms with van der Waals surface area (Å²) in [4.78, 5) is 38.2. The summed E-state index contributed by atoms with van der Waals surface area (Å²) in [5.41, 5.74) is 3.96. The van der Waals surface area contributed by atoms with Crippen LogP contribution in [0.4, 0.5) is 4.79 Å². The molecule has 1 aliphatic carbocycles. The number of alkyl carbamates (subject to hydrolysis) is 1. The number of benzene rings is 2. The van der Waals surface area contributed by atoms with Crippen LogP contribution in [0.3, 0.4) is 0 Å². The molecule has 0 aromatic heterocycles. The number of rotatable bonds is 10. The van der Waals surface area contributed by atoms with Gasteiger partial charge in [-0.2, -0.15) is 0 Å². The van der Waals surface area contributed by atoms with E-state index in [9.17, 15) is 14.4 Å². The average molecular weight is 479 g/mol. The molecule has 1 atom stereocenters. The third kappa shape index (κ3) is 5.34. The highest BCUT2D eigenvalue weighted by atomic mass is 16.5. The molecule has 0 bridgehead atoms. The molecule has 2 amide bonds. The second-order valence-electron chi connectivity index (χ2n) is 9.96. The van der Waals surface area contributed by atoms with E-state index in [0.29, 0.717) is 31.8 Å². The van der Waals surface area contributed by atoms with Crippen molar-refractivity contribution < 1.29 is 24.2 Å². The van der Waals surface area contributed by atoms with Crippen LogP contribution in [0.25, 0.3) is 11.1 Å². The van der Waals surface area contributed by atoms with Gasteiger partial charge < -0.3 is 20.1 Å². The molecular weight excluding hydrogens is 444 g/mol. The molecule has 0 saturated carbocycles. The molecule has 1 saturated heterocycles. The van der Waals surface area contributed by atoms with Gasteiger partial charge in [0.25, 0.3) is 0 Å². The molecule has 7 heteroatoms. The minimum Gasteiger partial charge on any atom is -0.481 e. The fourth-order valence-corrected chi connectivity index (χ4v) is 5.11. The Labute approximate surface area is 206 Å². The summed E-state index contributed by atoms with van der Waals surface area (Å²) in [6.45, 7) is 5.57. The van der Waals surface area contributed by atoms with Crippen molar-refractivity contribution in [1.82, 2.24) is 10.2 Å². The molecule has 1 unspecified atom stereocenters. The monoisotopic (exact) mass is 478 g/mol. The number of hydrogen-bond acceptors (Lipinski definition) is 4. The lowest BCUT2D eigenvalue weighted by atomic mass is 9.83. The Morgan fingerprint density at radius 3 is 2.23 bits per heavy atom. The summed E-state index contributed by atoms with van der Waals surface area (Å²) in [7, 11) is 0. The molecule has 7 nitrogen and oxygen atoms in total. The van der Waals surface area contributed by atoms with Crippen LogP contribution in [-0.4, -0.2) is 54.2 Å². The molecule has 0 radical (unpaired) electrons. The number of carboxylic acid groups (broad SMARTS) is 1. The van der Waals surface area contributed by atoms with Crippen LogP contribution in [0.5, 0.6) is 0 Å². The molecule has 1 aliphatic heterocycles. The molecule has 4 rings (SSSR count). The Morgan fingerprint density at radius 2 is 1.66 bits per heavy atom. The van der Waals surface area contributed by atoms with Crippen LogP contribution < -0.4 is 5.32 Å². The van der Waals surface area contributed by atoms with E-state index in [0.717, 1.165) is 17.5 Å². The first-order chi connectivity index (χ1) is 16.8. The lowest BCUT2D eigenvalue weighted by Crippen LogP contribution is -2.56. The smallest absolute Gasteiger partial charge is 0.407 e. The normalized spacial score (nSPS) is 16.6. The van der Waals surface area contributed by atoms with E-state index in [2.05, 4.69) is 29.6 Å². The maximum Gasteiger partial charge on any atom is 0.407 e. The highest BCUT2D eigenvalue weighted by Crippen LogP contribution is 2.44. The van der Waals surface area contributed by atoms with Crippen molar-refractivity contribution in [3.63, 3.8) is 0 Å². The average Bonchev–Trinajstić information content (AvgIpc) is 3.15. The molecule has 2 aliphatic rings. The number of aliphatic carboxylic acids is 1. The fraction of sp³-hybridized carbons (Fsp3) is 0.464. The molecule has 2 aromatic carbocycles. The molecular formula is C28H34N2O5. The lowest BCUT2D eigenvalue weighted by Gasteiger charge is -2.44. The first kappa shape index (κ1) is 24.8. The Bertz CT molecular complexity index is 1050. The summed E-state index contributed by atoms with van der Waals surface area (Å²) in [5.74, 6) is -0.412. The van der Waals surface area contributed by atoms with E-state index in [1.807, 2.05) is 43.0 Å². The fourth-order valence-electron chi connectivity index (χ4n) is 5.11. The van der Waals surface area contributed by atoms with Crippen molar-refractivity contribution in [2.75, 3.05) is 26.2 Å². The molecule has 1 fully saturated rings. The third-order valence-corrected chi connectivity index (χ3v) is 7.51. The highest BCUT2D eigenvalue weighted by Gasteiger charge is 2.40. The van der Waals surface area contributed by atoms with E-state index in [4.69, 9.17) is 9.84 Å². The Kier molecular flexibility index (Phi) is 7.43. The zero-order chi connectivity index (χ0) is 25.0. The maximum absolute atomic E-state index is 13.1. The standard InChI is InChI=1S/C28H34N2O5/c1-3-28(2,26(33)30-15-19(16-30)9-8-14-25(31)32)18-29-27(34)35-17-24-22-12-6-4-10-20(22)21-11-5-7-13-23(21)24/h4-7,10-13,19,24H,3,8-9,14-18H2,1-2H3,(H,29,34)(H,31,32). The van der Waals surface area contributed by atoms with Gasteiger partial charge in [0.15, 0.2) is 0 Å². The van der Waals surface area contributed by atoms with E-state index in [1.54, 1.807) is 0 Å². The number of nitrogens with zero attached hydrogens (tertiary/aromatic N) is 1. The third-order valence-electron chi connectivity index (χ3n) is 7.51. The zero-order valence-corrected chi connectivity index (χ0v) is 20.5. The number of carboxylic acids is 1. The molecule has 186 valence electrons. The van der Waals surface area contributed by atoms with E-state index < -0.39 is 17.5 Å². The van der Waals surface area contributed by atoms with E-state index in [-0.39, 0.29) is 31.4 Å². The summed E-state index contributed by atoms with van der Waals surface area (Å²) in [6.07, 6.45) is 1.69. The van der Waals surface area contributed by atoms with Gasteiger partial charge in [-0.05, 0) is 54.4 Å².